The van der Waals surface area contributed by atoms with Crippen LogP contribution in [0.4, 0.5) is 0 Å². The summed E-state index contributed by atoms with van der Waals surface area (Å²) >= 11 is 0. The lowest BCUT2D eigenvalue weighted by Gasteiger charge is -2.27. The highest BCUT2D eigenvalue weighted by molar-refractivity contribution is 5.93. The second kappa shape index (κ2) is 7.77. The summed E-state index contributed by atoms with van der Waals surface area (Å²) in [6.07, 6.45) is 6.68. The molecule has 1 aliphatic heterocycles. The molecule has 0 N–H and O–H groups in total. The third kappa shape index (κ3) is 3.68. The third-order valence-corrected chi connectivity index (χ3v) is 5.97. The Bertz CT molecular complexity index is 854. The Morgan fingerprint density at radius 3 is 2.79 bits per heavy atom. The van der Waals surface area contributed by atoms with Crippen molar-refractivity contribution in [1.82, 2.24) is 24.5 Å². The summed E-state index contributed by atoms with van der Waals surface area (Å²) in [6, 6.07) is 3.72. The van der Waals surface area contributed by atoms with Gasteiger partial charge in [0.1, 0.15) is 5.69 Å². The molecule has 0 radical (unpaired) electrons. The van der Waals surface area contributed by atoms with Gasteiger partial charge in [-0.25, -0.2) is 0 Å². The topological polar surface area (TPSA) is 84.5 Å². The van der Waals surface area contributed by atoms with Crippen LogP contribution in [0, 0.1) is 0 Å². The number of hydrogen-bond donors (Lipinski definition) is 0. The predicted molar refractivity (Wildman–Crippen MR) is 102 cm³/mol. The summed E-state index contributed by atoms with van der Waals surface area (Å²) in [5.74, 6) is 1.83. The fraction of sp³-hybridized carbons (Fsp3) is 0.600. The van der Waals surface area contributed by atoms with Gasteiger partial charge in [-0.1, -0.05) is 11.6 Å². The van der Waals surface area contributed by atoms with E-state index in [1.807, 2.05) is 39.7 Å². The molecule has 4 rings (SSSR count). The lowest BCUT2D eigenvalue weighted by Crippen LogP contribution is -2.43. The average molecular weight is 385 g/mol. The van der Waals surface area contributed by atoms with Gasteiger partial charge in [0.2, 0.25) is 11.8 Å². The molecule has 0 spiro atoms. The number of aryl methyl sites for hydroxylation is 1. The van der Waals surface area contributed by atoms with Crippen LogP contribution in [0.15, 0.2) is 22.9 Å². The van der Waals surface area contributed by atoms with Gasteiger partial charge < -0.3 is 18.9 Å². The van der Waals surface area contributed by atoms with Crippen LogP contribution in [0.5, 0.6) is 0 Å². The van der Waals surface area contributed by atoms with Crippen LogP contribution < -0.4 is 0 Å². The molecule has 1 unspecified atom stereocenters. The molecule has 28 heavy (non-hydrogen) atoms. The molecule has 1 atom stereocenters. The normalized spacial score (nSPS) is 19.6. The molecule has 1 aliphatic carbocycles. The Balaban J connectivity index is 1.35. The van der Waals surface area contributed by atoms with E-state index in [1.54, 1.807) is 6.92 Å². The van der Waals surface area contributed by atoms with Crippen LogP contribution in [0.1, 0.15) is 60.7 Å². The number of amides is 2. The molecule has 2 aliphatic rings. The SMILES string of the molecule is CC(=O)N(CCc1noc(C2CCC2)n1)C1CCN(C(=O)c2cccn2C)C1. The van der Waals surface area contributed by atoms with E-state index in [0.717, 1.165) is 25.2 Å². The third-order valence-electron chi connectivity index (χ3n) is 5.97. The van der Waals surface area contributed by atoms with Gasteiger partial charge in [-0.05, 0) is 31.4 Å². The largest absolute Gasteiger partial charge is 0.347 e. The van der Waals surface area contributed by atoms with Crippen molar-refractivity contribution in [1.29, 1.82) is 0 Å². The van der Waals surface area contributed by atoms with Gasteiger partial charge in [0.25, 0.3) is 5.91 Å². The number of likely N-dealkylation sites (tertiary alicyclic amines) is 1. The molecule has 2 aromatic rings. The lowest BCUT2D eigenvalue weighted by atomic mass is 9.85. The van der Waals surface area contributed by atoms with Gasteiger partial charge in [0.05, 0.1) is 6.04 Å². The van der Waals surface area contributed by atoms with Gasteiger partial charge in [-0.3, -0.25) is 9.59 Å². The van der Waals surface area contributed by atoms with Gasteiger partial charge in [-0.2, -0.15) is 4.98 Å². The highest BCUT2D eigenvalue weighted by Crippen LogP contribution is 2.35. The Labute approximate surface area is 164 Å². The zero-order valence-electron chi connectivity index (χ0n) is 16.5. The molecule has 1 saturated carbocycles. The van der Waals surface area contributed by atoms with E-state index in [9.17, 15) is 9.59 Å². The second-order valence-corrected chi connectivity index (χ2v) is 7.84. The smallest absolute Gasteiger partial charge is 0.270 e. The maximum atomic E-state index is 12.7. The molecular formula is C20H27N5O3. The number of rotatable bonds is 6. The van der Waals surface area contributed by atoms with E-state index < -0.39 is 0 Å². The van der Waals surface area contributed by atoms with Crippen LogP contribution in [0.3, 0.4) is 0 Å². The number of carbonyl (C=O) groups excluding carboxylic acids is 2. The highest BCUT2D eigenvalue weighted by atomic mass is 16.5. The molecular weight excluding hydrogens is 358 g/mol. The summed E-state index contributed by atoms with van der Waals surface area (Å²) in [5.41, 5.74) is 0.672. The maximum absolute atomic E-state index is 12.7. The fourth-order valence-electron chi connectivity index (χ4n) is 4.03. The van der Waals surface area contributed by atoms with Crippen LogP contribution in [0.2, 0.25) is 0 Å². The molecule has 2 amide bonds. The van der Waals surface area contributed by atoms with Gasteiger partial charge in [0.15, 0.2) is 5.82 Å². The Morgan fingerprint density at radius 2 is 2.14 bits per heavy atom. The standard InChI is InChI=1S/C20H27N5O3/c1-14(26)25(12-9-18-21-19(28-22-18)15-5-3-6-15)16-8-11-24(13-16)20(27)17-7-4-10-23(17)2/h4,7,10,15-16H,3,5-6,8-9,11-13H2,1-2H3. The van der Waals surface area contributed by atoms with Crippen LogP contribution in [-0.4, -0.2) is 62.0 Å². The number of aromatic nitrogens is 3. The predicted octanol–water partition coefficient (Wildman–Crippen LogP) is 1.98. The van der Waals surface area contributed by atoms with Crippen LogP contribution in [-0.2, 0) is 18.3 Å². The molecule has 0 aromatic carbocycles. The highest BCUT2D eigenvalue weighted by Gasteiger charge is 2.33. The van der Waals surface area contributed by atoms with Crippen LogP contribution >= 0.6 is 0 Å². The maximum Gasteiger partial charge on any atom is 0.270 e. The Kier molecular flexibility index (Phi) is 5.19. The lowest BCUT2D eigenvalue weighted by molar-refractivity contribution is -0.130. The minimum atomic E-state index is 0.0147. The van der Waals surface area contributed by atoms with Gasteiger partial charge in [0, 0.05) is 52.1 Å². The monoisotopic (exact) mass is 385 g/mol. The number of carbonyl (C=O) groups is 2. The van der Waals surface area contributed by atoms with Crippen LogP contribution in [0.25, 0.3) is 0 Å². The van der Waals surface area contributed by atoms with E-state index >= 15 is 0 Å². The summed E-state index contributed by atoms with van der Waals surface area (Å²) in [4.78, 5) is 33.1. The van der Waals surface area contributed by atoms with E-state index in [2.05, 4.69) is 10.1 Å². The molecule has 0 bridgehead atoms. The first kappa shape index (κ1) is 18.7. The van der Waals surface area contributed by atoms with Crippen molar-refractivity contribution in [3.05, 3.63) is 35.7 Å². The summed E-state index contributed by atoms with van der Waals surface area (Å²) in [6.45, 7) is 3.34. The second-order valence-electron chi connectivity index (χ2n) is 7.84. The number of hydrogen-bond acceptors (Lipinski definition) is 5. The molecule has 2 aromatic heterocycles. The first-order valence-electron chi connectivity index (χ1n) is 10.0. The summed E-state index contributed by atoms with van der Waals surface area (Å²) in [7, 11) is 1.87. The van der Waals surface area contributed by atoms with Crippen molar-refractivity contribution >= 4 is 11.8 Å². The fourth-order valence-corrected chi connectivity index (χ4v) is 4.03. The first-order chi connectivity index (χ1) is 13.5. The van der Waals surface area contributed by atoms with Crippen molar-refractivity contribution in [3.63, 3.8) is 0 Å². The molecule has 150 valence electrons. The van der Waals surface area contributed by atoms with Crippen molar-refractivity contribution in [3.8, 4) is 0 Å². The van der Waals surface area contributed by atoms with Crippen molar-refractivity contribution in [2.45, 2.75) is 51.0 Å². The van der Waals surface area contributed by atoms with Crippen molar-refractivity contribution in [2.75, 3.05) is 19.6 Å². The molecule has 8 heteroatoms. The zero-order valence-corrected chi connectivity index (χ0v) is 16.5. The minimum Gasteiger partial charge on any atom is -0.347 e. The summed E-state index contributed by atoms with van der Waals surface area (Å²) < 4.78 is 7.20. The summed E-state index contributed by atoms with van der Waals surface area (Å²) in [5, 5.41) is 4.07. The van der Waals surface area contributed by atoms with Gasteiger partial charge >= 0.3 is 0 Å². The molecule has 1 saturated heterocycles. The van der Waals surface area contributed by atoms with Gasteiger partial charge in [-0.15, -0.1) is 0 Å². The quantitative estimate of drug-likeness (QED) is 0.759. The van der Waals surface area contributed by atoms with E-state index in [4.69, 9.17) is 4.52 Å². The van der Waals surface area contributed by atoms with E-state index in [1.165, 1.54) is 6.42 Å². The first-order valence-corrected chi connectivity index (χ1v) is 10.0. The average Bonchev–Trinajstić information content (AvgIpc) is 3.34. The van der Waals surface area contributed by atoms with Crippen molar-refractivity contribution < 1.29 is 14.1 Å². The van der Waals surface area contributed by atoms with Crippen molar-refractivity contribution in [2.24, 2.45) is 7.05 Å². The molecule has 3 heterocycles. The Morgan fingerprint density at radius 1 is 1.32 bits per heavy atom. The minimum absolute atomic E-state index is 0.0147. The van der Waals surface area contributed by atoms with E-state index in [0.29, 0.717) is 43.5 Å². The van der Waals surface area contributed by atoms with E-state index in [-0.39, 0.29) is 17.9 Å². The molecule has 8 nitrogen and oxygen atoms in total. The Hall–Kier alpha value is -2.64. The zero-order chi connectivity index (χ0) is 19.7. The number of nitrogens with zero attached hydrogens (tertiary/aromatic N) is 5. The molecule has 2 fully saturated rings.